The second-order valence-corrected chi connectivity index (χ2v) is 3.87. The van der Waals surface area contributed by atoms with Crippen molar-refractivity contribution in [3.63, 3.8) is 0 Å². The summed E-state index contributed by atoms with van der Waals surface area (Å²) in [6.45, 7) is 7.98. The highest BCUT2D eigenvalue weighted by Crippen LogP contribution is 2.24. The Morgan fingerprint density at radius 2 is 2.17 bits per heavy atom. The van der Waals surface area contributed by atoms with E-state index in [0.29, 0.717) is 18.2 Å². The van der Waals surface area contributed by atoms with Gasteiger partial charge in [-0.1, -0.05) is 6.92 Å². The summed E-state index contributed by atoms with van der Waals surface area (Å²) in [5.74, 6) is 0. The van der Waals surface area contributed by atoms with Crippen LogP contribution in [0.3, 0.4) is 0 Å². The van der Waals surface area contributed by atoms with Gasteiger partial charge in [0.2, 0.25) is 0 Å². The van der Waals surface area contributed by atoms with Crippen molar-refractivity contribution in [3.05, 3.63) is 0 Å². The average Bonchev–Trinajstić information content (AvgIpc) is 2.46. The summed E-state index contributed by atoms with van der Waals surface area (Å²) >= 11 is 0. The van der Waals surface area contributed by atoms with E-state index in [9.17, 15) is 0 Å². The van der Waals surface area contributed by atoms with Crippen molar-refractivity contribution < 1.29 is 4.74 Å². The van der Waals surface area contributed by atoms with Gasteiger partial charge in [0.25, 0.3) is 0 Å². The molecule has 0 amide bonds. The predicted octanol–water partition coefficient (Wildman–Crippen LogP) is 1.89. The van der Waals surface area contributed by atoms with Gasteiger partial charge in [-0.05, 0) is 26.7 Å². The summed E-state index contributed by atoms with van der Waals surface area (Å²) in [4.78, 5) is 2.55. The number of hydrogen-bond acceptors (Lipinski definition) is 2. The molecule has 12 heavy (non-hydrogen) atoms. The van der Waals surface area contributed by atoms with E-state index in [4.69, 9.17) is 4.74 Å². The van der Waals surface area contributed by atoms with Crippen molar-refractivity contribution in [1.82, 2.24) is 4.90 Å². The summed E-state index contributed by atoms with van der Waals surface area (Å²) in [5, 5.41) is 0. The molecule has 0 N–H and O–H groups in total. The topological polar surface area (TPSA) is 12.5 Å². The third-order valence-electron chi connectivity index (χ3n) is 2.91. The van der Waals surface area contributed by atoms with Crippen molar-refractivity contribution in [3.8, 4) is 0 Å². The highest BCUT2D eigenvalue weighted by Gasteiger charge is 2.33. The third-order valence-corrected chi connectivity index (χ3v) is 2.91. The predicted molar refractivity (Wildman–Crippen MR) is 51.3 cm³/mol. The van der Waals surface area contributed by atoms with E-state index >= 15 is 0 Å². The SMILES string of the molecule is CCC1C(OC)CCN1C(C)C. The van der Waals surface area contributed by atoms with Crippen molar-refractivity contribution in [2.75, 3.05) is 13.7 Å². The Bertz CT molecular complexity index is 136. The first-order valence-corrected chi connectivity index (χ1v) is 4.99. The van der Waals surface area contributed by atoms with Crippen LogP contribution in [0, 0.1) is 0 Å². The maximum atomic E-state index is 5.45. The van der Waals surface area contributed by atoms with E-state index in [1.165, 1.54) is 19.4 Å². The van der Waals surface area contributed by atoms with Crippen LogP contribution < -0.4 is 0 Å². The maximum absolute atomic E-state index is 5.45. The molecule has 1 rings (SSSR count). The molecule has 0 radical (unpaired) electrons. The van der Waals surface area contributed by atoms with Gasteiger partial charge in [-0.2, -0.15) is 0 Å². The fourth-order valence-electron chi connectivity index (χ4n) is 2.26. The molecular formula is C10H21NO. The summed E-state index contributed by atoms with van der Waals surface area (Å²) in [7, 11) is 1.83. The minimum Gasteiger partial charge on any atom is -0.380 e. The average molecular weight is 171 g/mol. The lowest BCUT2D eigenvalue weighted by atomic mass is 10.1. The molecule has 0 aromatic heterocycles. The largest absolute Gasteiger partial charge is 0.380 e. The minimum atomic E-state index is 0.470. The molecule has 2 nitrogen and oxygen atoms in total. The monoisotopic (exact) mass is 171 g/mol. The fraction of sp³-hybridized carbons (Fsp3) is 1.00. The van der Waals surface area contributed by atoms with Crippen LogP contribution in [-0.4, -0.2) is 36.7 Å². The number of ether oxygens (including phenoxy) is 1. The summed E-state index contributed by atoms with van der Waals surface area (Å²) in [5.41, 5.74) is 0. The molecule has 0 aromatic carbocycles. The van der Waals surface area contributed by atoms with Crippen LogP contribution in [0.2, 0.25) is 0 Å². The van der Waals surface area contributed by atoms with Gasteiger partial charge in [0.15, 0.2) is 0 Å². The lowest BCUT2D eigenvalue weighted by molar-refractivity contribution is 0.0557. The molecule has 0 aliphatic carbocycles. The van der Waals surface area contributed by atoms with Gasteiger partial charge in [0.05, 0.1) is 6.10 Å². The molecule has 1 heterocycles. The third kappa shape index (κ3) is 1.80. The van der Waals surface area contributed by atoms with E-state index in [1.807, 2.05) is 7.11 Å². The zero-order valence-corrected chi connectivity index (χ0v) is 8.71. The number of hydrogen-bond donors (Lipinski definition) is 0. The molecule has 0 spiro atoms. The number of rotatable bonds is 3. The van der Waals surface area contributed by atoms with Gasteiger partial charge in [-0.25, -0.2) is 0 Å². The minimum absolute atomic E-state index is 0.470. The molecular weight excluding hydrogens is 150 g/mol. The van der Waals surface area contributed by atoms with E-state index in [-0.39, 0.29) is 0 Å². The molecule has 1 aliphatic heterocycles. The van der Waals surface area contributed by atoms with E-state index in [1.54, 1.807) is 0 Å². The van der Waals surface area contributed by atoms with Crippen LogP contribution >= 0.6 is 0 Å². The van der Waals surface area contributed by atoms with Crippen LogP contribution in [0.1, 0.15) is 33.6 Å². The van der Waals surface area contributed by atoms with Gasteiger partial charge < -0.3 is 4.74 Å². The molecule has 0 aromatic rings. The van der Waals surface area contributed by atoms with Crippen LogP contribution in [-0.2, 0) is 4.74 Å². The first-order chi connectivity index (χ1) is 5.70. The van der Waals surface area contributed by atoms with Crippen LogP contribution in [0.5, 0.6) is 0 Å². The normalized spacial score (nSPS) is 31.8. The van der Waals surface area contributed by atoms with E-state index in [0.717, 1.165) is 0 Å². The Morgan fingerprint density at radius 1 is 1.50 bits per heavy atom. The first kappa shape index (κ1) is 10.0. The fourth-order valence-corrected chi connectivity index (χ4v) is 2.26. The summed E-state index contributed by atoms with van der Waals surface area (Å²) in [6.07, 6.45) is 2.88. The molecule has 1 saturated heterocycles. The molecule has 2 unspecified atom stereocenters. The highest BCUT2D eigenvalue weighted by molar-refractivity contribution is 4.88. The highest BCUT2D eigenvalue weighted by atomic mass is 16.5. The Labute approximate surface area is 75.9 Å². The van der Waals surface area contributed by atoms with Crippen molar-refractivity contribution in [2.45, 2.75) is 51.8 Å². The summed E-state index contributed by atoms with van der Waals surface area (Å²) in [6, 6.07) is 1.31. The quantitative estimate of drug-likeness (QED) is 0.643. The van der Waals surface area contributed by atoms with Crippen molar-refractivity contribution >= 4 is 0 Å². The number of likely N-dealkylation sites (tertiary alicyclic amines) is 1. The molecule has 1 fully saturated rings. The first-order valence-electron chi connectivity index (χ1n) is 4.99. The second kappa shape index (κ2) is 4.24. The standard InChI is InChI=1S/C10H21NO/c1-5-9-10(12-4)6-7-11(9)8(2)3/h8-10H,5-7H2,1-4H3. The smallest absolute Gasteiger partial charge is 0.0738 e. The Balaban J connectivity index is 2.56. The second-order valence-electron chi connectivity index (χ2n) is 3.87. The number of methoxy groups -OCH3 is 1. The molecule has 0 bridgehead atoms. The Hall–Kier alpha value is -0.0800. The van der Waals surface area contributed by atoms with Crippen LogP contribution in [0.25, 0.3) is 0 Å². The zero-order valence-electron chi connectivity index (χ0n) is 8.71. The van der Waals surface area contributed by atoms with Gasteiger partial charge in [0.1, 0.15) is 0 Å². The van der Waals surface area contributed by atoms with Crippen LogP contribution in [0.15, 0.2) is 0 Å². The molecule has 72 valence electrons. The van der Waals surface area contributed by atoms with Gasteiger partial charge >= 0.3 is 0 Å². The van der Waals surface area contributed by atoms with Gasteiger partial charge in [0, 0.05) is 25.7 Å². The molecule has 2 heteroatoms. The van der Waals surface area contributed by atoms with Gasteiger partial charge in [-0.3, -0.25) is 4.90 Å². The number of nitrogens with zero attached hydrogens (tertiary/aromatic N) is 1. The summed E-state index contributed by atoms with van der Waals surface area (Å²) < 4.78 is 5.45. The van der Waals surface area contributed by atoms with E-state index in [2.05, 4.69) is 25.7 Å². The van der Waals surface area contributed by atoms with E-state index < -0.39 is 0 Å². The lowest BCUT2D eigenvalue weighted by Crippen LogP contribution is -2.39. The lowest BCUT2D eigenvalue weighted by Gasteiger charge is -2.29. The Kier molecular flexibility index (Phi) is 3.53. The van der Waals surface area contributed by atoms with Crippen molar-refractivity contribution in [2.24, 2.45) is 0 Å². The maximum Gasteiger partial charge on any atom is 0.0738 e. The molecule has 2 atom stereocenters. The molecule has 1 aliphatic rings. The van der Waals surface area contributed by atoms with Crippen molar-refractivity contribution in [1.29, 1.82) is 0 Å². The van der Waals surface area contributed by atoms with Gasteiger partial charge in [-0.15, -0.1) is 0 Å². The molecule has 0 saturated carbocycles. The zero-order chi connectivity index (χ0) is 9.14. The Morgan fingerprint density at radius 3 is 2.58 bits per heavy atom. The van der Waals surface area contributed by atoms with Crippen LogP contribution in [0.4, 0.5) is 0 Å².